The predicted molar refractivity (Wildman–Crippen MR) is 106 cm³/mol. The van der Waals surface area contributed by atoms with Crippen molar-refractivity contribution in [3.63, 3.8) is 0 Å². The Morgan fingerprint density at radius 1 is 1.04 bits per heavy atom. The summed E-state index contributed by atoms with van der Waals surface area (Å²) in [5, 5.41) is 2.30. The summed E-state index contributed by atoms with van der Waals surface area (Å²) in [5.41, 5.74) is 6.43. The van der Waals surface area contributed by atoms with Crippen molar-refractivity contribution >= 4 is 21.9 Å². The number of fused-ring (bicyclic) bond motifs is 3. The molecule has 1 saturated carbocycles. The van der Waals surface area contributed by atoms with E-state index < -0.39 is 5.89 Å². The fourth-order valence-corrected chi connectivity index (χ4v) is 4.33. The molecule has 0 unspecified atom stereocenters. The Labute approximate surface area is 155 Å². The van der Waals surface area contributed by atoms with Crippen LogP contribution >= 0.6 is 0 Å². The van der Waals surface area contributed by atoms with E-state index in [0.717, 1.165) is 64.4 Å². The molecular weight excluding hydrogens is 318 g/mol. The highest BCUT2D eigenvalue weighted by molar-refractivity contribution is 6.09. The van der Waals surface area contributed by atoms with E-state index in [0.29, 0.717) is 0 Å². The van der Waals surface area contributed by atoms with Crippen LogP contribution in [-0.4, -0.2) is 0 Å². The molecule has 0 saturated heterocycles. The molecule has 130 valence electrons. The first-order valence-electron chi connectivity index (χ1n) is 9.98. The largest absolute Gasteiger partial charge is 0.455 e. The van der Waals surface area contributed by atoms with Gasteiger partial charge in [0, 0.05) is 24.3 Å². The number of hydrogen-bond acceptors (Lipinski definition) is 1. The minimum Gasteiger partial charge on any atom is -0.455 e. The molecule has 1 aliphatic carbocycles. The van der Waals surface area contributed by atoms with Crippen LogP contribution < -0.4 is 4.57 Å². The number of pyridine rings is 1. The summed E-state index contributed by atoms with van der Waals surface area (Å²) in [5.74, 6) is -0.446. The van der Waals surface area contributed by atoms with Crippen molar-refractivity contribution in [1.82, 2.24) is 0 Å². The summed E-state index contributed by atoms with van der Waals surface area (Å²) < 4.78 is 17.4. The second-order valence-electron chi connectivity index (χ2n) is 7.45. The van der Waals surface area contributed by atoms with Gasteiger partial charge in [0.05, 0.1) is 5.56 Å². The van der Waals surface area contributed by atoms with E-state index in [4.69, 9.17) is 5.79 Å². The number of para-hydroxylation sites is 1. The smallest absolute Gasteiger partial charge is 0.216 e. The molecule has 2 nitrogen and oxygen atoms in total. The predicted octanol–water partition coefficient (Wildman–Crippen LogP) is 6.04. The van der Waals surface area contributed by atoms with Gasteiger partial charge >= 0.3 is 0 Å². The van der Waals surface area contributed by atoms with Crippen LogP contribution in [0, 0.1) is 6.92 Å². The van der Waals surface area contributed by atoms with Gasteiger partial charge < -0.3 is 4.42 Å². The summed E-state index contributed by atoms with van der Waals surface area (Å²) >= 11 is 0. The topological polar surface area (TPSA) is 17.0 Å². The van der Waals surface area contributed by atoms with E-state index in [-0.39, 0.29) is 0 Å². The molecule has 0 amide bonds. The quantitative estimate of drug-likeness (QED) is 0.405. The third-order valence-corrected chi connectivity index (χ3v) is 5.78. The Morgan fingerprint density at radius 3 is 2.69 bits per heavy atom. The molecule has 0 radical (unpaired) electrons. The van der Waals surface area contributed by atoms with Crippen LogP contribution in [0.1, 0.15) is 44.1 Å². The van der Waals surface area contributed by atoms with E-state index >= 15 is 0 Å². The Kier molecular flexibility index (Phi) is 3.35. The van der Waals surface area contributed by atoms with Gasteiger partial charge in [0.25, 0.3) is 0 Å². The zero-order chi connectivity index (χ0) is 18.6. The van der Waals surface area contributed by atoms with Crippen molar-refractivity contribution in [1.29, 1.82) is 0 Å². The molecule has 1 aliphatic rings. The number of aromatic nitrogens is 1. The number of benzene rings is 2. The summed E-state index contributed by atoms with van der Waals surface area (Å²) in [7, 11) is 2.07. The molecule has 0 aliphatic heterocycles. The van der Waals surface area contributed by atoms with E-state index in [9.17, 15) is 0 Å². The first kappa shape index (κ1) is 14.5. The fraction of sp³-hybridized carbons (Fsp3) is 0.292. The zero-order valence-electron chi connectivity index (χ0n) is 16.4. The van der Waals surface area contributed by atoms with Gasteiger partial charge in [-0.25, -0.2) is 4.57 Å². The van der Waals surface area contributed by atoms with Crippen LogP contribution in [0.15, 0.2) is 59.1 Å². The maximum atomic E-state index is 8.92. The molecule has 0 spiro atoms. The molecular formula is C24H24NO+. The summed E-state index contributed by atoms with van der Waals surface area (Å²) in [4.78, 5) is 0. The van der Waals surface area contributed by atoms with E-state index in [2.05, 4.69) is 61.1 Å². The lowest BCUT2D eigenvalue weighted by molar-refractivity contribution is -0.660. The van der Waals surface area contributed by atoms with Gasteiger partial charge in [-0.3, -0.25) is 0 Å². The van der Waals surface area contributed by atoms with Gasteiger partial charge in [-0.2, -0.15) is 0 Å². The lowest BCUT2D eigenvalue weighted by atomic mass is 9.94. The number of nitrogens with zero attached hydrogens (tertiary/aromatic N) is 1. The standard InChI is InChI=1S/C24H24NO/c1-16-11-12-20-19-9-5-6-10-22(19)26-24(20)23(16)21-15-18(13-14-25(21)2)17-7-3-4-8-17/h5-6,9-15,17H,3-4,7-8H2,1-2H3/q+1/i17D. The molecule has 4 aromatic rings. The van der Waals surface area contributed by atoms with Crippen molar-refractivity contribution in [2.45, 2.75) is 38.5 Å². The van der Waals surface area contributed by atoms with Crippen LogP contribution in [0.2, 0.25) is 0 Å². The van der Waals surface area contributed by atoms with Crippen LogP contribution in [0.3, 0.4) is 0 Å². The molecule has 0 N–H and O–H groups in total. The molecule has 0 bridgehead atoms. The molecule has 2 aromatic carbocycles. The highest BCUT2D eigenvalue weighted by Gasteiger charge is 2.24. The van der Waals surface area contributed by atoms with Crippen molar-refractivity contribution in [2.24, 2.45) is 7.05 Å². The highest BCUT2D eigenvalue weighted by atomic mass is 16.3. The van der Waals surface area contributed by atoms with Gasteiger partial charge in [-0.05, 0) is 42.9 Å². The van der Waals surface area contributed by atoms with Crippen LogP contribution in [-0.2, 0) is 7.05 Å². The van der Waals surface area contributed by atoms with Crippen molar-refractivity contribution in [2.75, 3.05) is 0 Å². The summed E-state index contributed by atoms with van der Waals surface area (Å²) in [6.45, 7) is 2.14. The molecule has 1 fully saturated rings. The third-order valence-electron chi connectivity index (χ3n) is 5.78. The van der Waals surface area contributed by atoms with E-state index in [1.54, 1.807) is 0 Å². The Hall–Kier alpha value is -2.61. The van der Waals surface area contributed by atoms with E-state index in [1.807, 2.05) is 12.1 Å². The van der Waals surface area contributed by atoms with Crippen LogP contribution in [0.5, 0.6) is 0 Å². The molecule has 0 atom stereocenters. The van der Waals surface area contributed by atoms with Crippen LogP contribution in [0.25, 0.3) is 33.2 Å². The third kappa shape index (κ3) is 2.36. The monoisotopic (exact) mass is 343 g/mol. The Balaban J connectivity index is 1.79. The normalized spacial score (nSPS) is 17.1. The SMILES string of the molecule is [2H]C1(c2cc[n+](C)c(-c3c(C)ccc4c3oc3ccccc34)c2)CCCC1. The van der Waals surface area contributed by atoms with Crippen molar-refractivity contribution in [3.8, 4) is 11.3 Å². The minimum atomic E-state index is -0.446. The molecule has 26 heavy (non-hydrogen) atoms. The van der Waals surface area contributed by atoms with Gasteiger partial charge in [-0.15, -0.1) is 0 Å². The average Bonchev–Trinajstić information content (AvgIpc) is 3.27. The summed E-state index contributed by atoms with van der Waals surface area (Å²) in [6, 6.07) is 16.9. The fourth-order valence-electron chi connectivity index (χ4n) is 4.33. The lowest BCUT2D eigenvalue weighted by Crippen LogP contribution is -2.31. The second-order valence-corrected chi connectivity index (χ2v) is 7.45. The maximum Gasteiger partial charge on any atom is 0.216 e. The number of furan rings is 1. The second kappa shape index (κ2) is 5.98. The lowest BCUT2D eigenvalue weighted by Gasteiger charge is -2.11. The van der Waals surface area contributed by atoms with Gasteiger partial charge in [0.1, 0.15) is 18.2 Å². The minimum absolute atomic E-state index is 0.446. The number of hydrogen-bond donors (Lipinski definition) is 0. The maximum absolute atomic E-state index is 8.92. The van der Waals surface area contributed by atoms with Gasteiger partial charge in [-0.1, -0.05) is 43.2 Å². The number of aryl methyl sites for hydroxylation is 2. The first-order chi connectivity index (χ1) is 13.1. The molecule has 2 aromatic heterocycles. The van der Waals surface area contributed by atoms with Crippen molar-refractivity contribution < 1.29 is 10.4 Å². The number of rotatable bonds is 2. The molecule has 2 heteroatoms. The first-order valence-corrected chi connectivity index (χ1v) is 9.48. The molecule has 2 heterocycles. The summed E-state index contributed by atoms with van der Waals surface area (Å²) in [6.07, 6.45) is 6.30. The van der Waals surface area contributed by atoms with E-state index in [1.165, 1.54) is 5.56 Å². The van der Waals surface area contributed by atoms with Crippen molar-refractivity contribution in [3.05, 3.63) is 65.9 Å². The average molecular weight is 343 g/mol. The zero-order valence-corrected chi connectivity index (χ0v) is 15.4. The highest BCUT2D eigenvalue weighted by Crippen LogP contribution is 2.39. The van der Waals surface area contributed by atoms with Crippen LogP contribution in [0.4, 0.5) is 0 Å². The Bertz CT molecular complexity index is 1170. The van der Waals surface area contributed by atoms with Gasteiger partial charge in [0.2, 0.25) is 5.69 Å². The Morgan fingerprint density at radius 2 is 1.85 bits per heavy atom. The molecule has 5 rings (SSSR count). The van der Waals surface area contributed by atoms with Gasteiger partial charge in [0.15, 0.2) is 6.20 Å².